The van der Waals surface area contributed by atoms with Crippen LogP contribution in [-0.4, -0.2) is 35.7 Å². The molecule has 0 heterocycles. The molecule has 0 saturated heterocycles. The molecule has 5 nitrogen and oxygen atoms in total. The lowest BCUT2D eigenvalue weighted by Gasteiger charge is -2.13. The van der Waals surface area contributed by atoms with Crippen molar-refractivity contribution in [3.63, 3.8) is 0 Å². The number of benzene rings is 1. The van der Waals surface area contributed by atoms with Crippen molar-refractivity contribution in [2.45, 2.75) is 109 Å². The molecule has 1 rings (SSSR count). The van der Waals surface area contributed by atoms with Gasteiger partial charge in [-0.1, -0.05) is 82.9 Å². The summed E-state index contributed by atoms with van der Waals surface area (Å²) in [5.74, 6) is 2.02. The molecule has 4 N–H and O–H groups in total. The molecule has 0 aliphatic rings. The van der Waals surface area contributed by atoms with Gasteiger partial charge in [-0.2, -0.15) is 11.8 Å². The van der Waals surface area contributed by atoms with E-state index in [2.05, 4.69) is 24.4 Å². The lowest BCUT2D eigenvalue weighted by molar-refractivity contribution is -0.122. The summed E-state index contributed by atoms with van der Waals surface area (Å²) in [4.78, 5) is 12.2. The molecule has 0 saturated carbocycles. The van der Waals surface area contributed by atoms with Crippen molar-refractivity contribution in [2.75, 3.05) is 18.6 Å². The Morgan fingerprint density at radius 1 is 1.00 bits per heavy atom. The predicted molar refractivity (Wildman–Crippen MR) is 151 cm³/mol. The number of aromatic hydroxyl groups is 1. The number of methoxy groups -OCH3 is 1. The van der Waals surface area contributed by atoms with Gasteiger partial charge in [-0.25, -0.2) is 0 Å². The zero-order valence-electron chi connectivity index (χ0n) is 22.2. The smallest absolute Gasteiger partial charge is 0.238 e. The summed E-state index contributed by atoms with van der Waals surface area (Å²) in [5.41, 5.74) is 6.89. The highest BCUT2D eigenvalue weighted by atomic mass is 32.2. The topological polar surface area (TPSA) is 84.6 Å². The molecule has 1 aromatic carbocycles. The second-order valence-electron chi connectivity index (χ2n) is 9.34. The number of thioether (sulfide) groups is 1. The number of phenolic OH excluding ortho intramolecular Hbond substituents is 1. The van der Waals surface area contributed by atoms with Crippen LogP contribution in [0, 0.1) is 0 Å². The normalized spacial score (nSPS) is 12.2. The fourth-order valence-electron chi connectivity index (χ4n) is 3.89. The van der Waals surface area contributed by atoms with Gasteiger partial charge in [-0.05, 0) is 55.6 Å². The molecule has 0 fully saturated rings. The predicted octanol–water partition coefficient (Wildman–Crippen LogP) is 7.12. The summed E-state index contributed by atoms with van der Waals surface area (Å²) in [6.07, 6.45) is 23.2. The SMILES string of the molecule is CCCCCCCCC=CCCCCCCCCSC[C@H](N)C(=O)NCc1ccc(O)c(OC)c1. The van der Waals surface area contributed by atoms with Gasteiger partial charge in [0.25, 0.3) is 0 Å². The van der Waals surface area contributed by atoms with Crippen molar-refractivity contribution >= 4 is 17.7 Å². The molecule has 35 heavy (non-hydrogen) atoms. The molecule has 0 radical (unpaired) electrons. The van der Waals surface area contributed by atoms with Gasteiger partial charge in [-0.15, -0.1) is 0 Å². The van der Waals surface area contributed by atoms with E-state index in [0.717, 1.165) is 11.3 Å². The largest absolute Gasteiger partial charge is 0.504 e. The van der Waals surface area contributed by atoms with Gasteiger partial charge in [0, 0.05) is 12.3 Å². The number of nitrogens with one attached hydrogen (secondary N) is 1. The van der Waals surface area contributed by atoms with Gasteiger partial charge in [0.2, 0.25) is 5.91 Å². The third-order valence-electron chi connectivity index (χ3n) is 6.15. The molecule has 0 aliphatic heterocycles. The zero-order chi connectivity index (χ0) is 25.6. The van der Waals surface area contributed by atoms with Gasteiger partial charge in [0.1, 0.15) is 0 Å². The number of carbonyl (C=O) groups excluding carboxylic acids is 1. The molecule has 0 aliphatic carbocycles. The van der Waals surface area contributed by atoms with Crippen LogP contribution in [0.3, 0.4) is 0 Å². The standard InChI is InChI=1S/C29H50N2O3S/c1-3-4-5-6-7-8-9-10-11-12-13-14-15-16-17-18-21-35-24-26(30)29(33)31-23-25-19-20-27(32)28(22-25)34-2/h10-11,19-20,22,26,32H,3-9,12-18,21,23-24,30H2,1-2H3,(H,31,33)/t26-/m0/s1. The summed E-state index contributed by atoms with van der Waals surface area (Å²) in [7, 11) is 1.50. The van der Waals surface area contributed by atoms with E-state index in [9.17, 15) is 9.90 Å². The second kappa shape index (κ2) is 21.6. The van der Waals surface area contributed by atoms with E-state index < -0.39 is 6.04 Å². The molecule has 0 aromatic heterocycles. The van der Waals surface area contributed by atoms with E-state index >= 15 is 0 Å². The number of amides is 1. The first-order chi connectivity index (χ1) is 17.1. The quantitative estimate of drug-likeness (QED) is 0.115. The Morgan fingerprint density at radius 2 is 1.60 bits per heavy atom. The first-order valence-corrected chi connectivity index (χ1v) is 14.9. The fraction of sp³-hybridized carbons (Fsp3) is 0.690. The molecular weight excluding hydrogens is 456 g/mol. The van der Waals surface area contributed by atoms with Gasteiger partial charge >= 0.3 is 0 Å². The molecule has 1 atom stereocenters. The van der Waals surface area contributed by atoms with Crippen LogP contribution < -0.4 is 15.8 Å². The number of allylic oxidation sites excluding steroid dienone is 2. The van der Waals surface area contributed by atoms with E-state index in [-0.39, 0.29) is 11.7 Å². The number of phenols is 1. The van der Waals surface area contributed by atoms with Crippen LogP contribution in [-0.2, 0) is 11.3 Å². The summed E-state index contributed by atoms with van der Waals surface area (Å²) < 4.78 is 5.09. The minimum absolute atomic E-state index is 0.0851. The molecule has 200 valence electrons. The minimum Gasteiger partial charge on any atom is -0.504 e. The highest BCUT2D eigenvalue weighted by Gasteiger charge is 2.13. The summed E-state index contributed by atoms with van der Waals surface area (Å²) in [6, 6.07) is 4.52. The Bertz CT molecular complexity index is 697. The Morgan fingerprint density at radius 3 is 2.23 bits per heavy atom. The van der Waals surface area contributed by atoms with Crippen LogP contribution in [0.2, 0.25) is 0 Å². The molecule has 1 amide bonds. The molecule has 0 bridgehead atoms. The third kappa shape index (κ3) is 16.6. The lowest BCUT2D eigenvalue weighted by atomic mass is 10.1. The van der Waals surface area contributed by atoms with Gasteiger partial charge in [-0.3, -0.25) is 4.79 Å². The molecular formula is C29H50N2O3S. The molecule has 6 heteroatoms. The van der Waals surface area contributed by atoms with E-state index in [1.54, 1.807) is 30.0 Å². The number of hydrogen-bond donors (Lipinski definition) is 3. The number of nitrogens with two attached hydrogens (primary N) is 1. The summed E-state index contributed by atoms with van der Waals surface area (Å²) >= 11 is 1.76. The number of carbonyl (C=O) groups is 1. The van der Waals surface area contributed by atoms with Gasteiger partial charge in [0.15, 0.2) is 11.5 Å². The van der Waals surface area contributed by atoms with E-state index in [4.69, 9.17) is 10.5 Å². The zero-order valence-corrected chi connectivity index (χ0v) is 23.1. The van der Waals surface area contributed by atoms with Crippen LogP contribution in [0.1, 0.15) is 102 Å². The number of rotatable bonds is 22. The maximum Gasteiger partial charge on any atom is 0.238 e. The highest BCUT2D eigenvalue weighted by molar-refractivity contribution is 7.99. The van der Waals surface area contributed by atoms with Crippen molar-refractivity contribution in [1.29, 1.82) is 0 Å². The molecule has 0 unspecified atom stereocenters. The van der Waals surface area contributed by atoms with Crippen LogP contribution in [0.4, 0.5) is 0 Å². The van der Waals surface area contributed by atoms with Crippen molar-refractivity contribution in [3.05, 3.63) is 35.9 Å². The molecule has 0 spiro atoms. The van der Waals surface area contributed by atoms with Gasteiger partial charge < -0.3 is 20.9 Å². The average Bonchev–Trinajstić information content (AvgIpc) is 2.87. The Hall–Kier alpha value is -1.66. The number of hydrogen-bond acceptors (Lipinski definition) is 5. The Kier molecular flexibility index (Phi) is 19.4. The Balaban J connectivity index is 1.92. The second-order valence-corrected chi connectivity index (χ2v) is 10.5. The first kappa shape index (κ1) is 31.4. The van der Waals surface area contributed by atoms with Gasteiger partial charge in [0.05, 0.1) is 13.2 Å². The fourth-order valence-corrected chi connectivity index (χ4v) is 4.87. The van der Waals surface area contributed by atoms with Crippen molar-refractivity contribution in [3.8, 4) is 11.5 Å². The van der Waals surface area contributed by atoms with Crippen LogP contribution in [0.5, 0.6) is 11.5 Å². The van der Waals surface area contributed by atoms with Crippen molar-refractivity contribution in [1.82, 2.24) is 5.32 Å². The third-order valence-corrected chi connectivity index (χ3v) is 7.32. The van der Waals surface area contributed by atoms with E-state index in [1.165, 1.54) is 97.0 Å². The summed E-state index contributed by atoms with van der Waals surface area (Å²) in [5, 5.41) is 12.5. The van der Waals surface area contributed by atoms with Crippen molar-refractivity contribution in [2.24, 2.45) is 5.73 Å². The number of unbranched alkanes of at least 4 members (excludes halogenated alkanes) is 12. The number of ether oxygens (including phenoxy) is 1. The van der Waals surface area contributed by atoms with Crippen LogP contribution in [0.15, 0.2) is 30.4 Å². The van der Waals surface area contributed by atoms with E-state index in [0.29, 0.717) is 18.0 Å². The van der Waals surface area contributed by atoms with Crippen molar-refractivity contribution < 1.29 is 14.6 Å². The summed E-state index contributed by atoms with van der Waals surface area (Å²) in [6.45, 7) is 2.63. The van der Waals surface area contributed by atoms with Crippen LogP contribution in [0.25, 0.3) is 0 Å². The molecule has 1 aromatic rings. The monoisotopic (exact) mass is 506 g/mol. The van der Waals surface area contributed by atoms with Crippen LogP contribution >= 0.6 is 11.8 Å². The Labute approximate surface area is 218 Å². The minimum atomic E-state index is -0.506. The maximum absolute atomic E-state index is 12.2. The lowest BCUT2D eigenvalue weighted by Crippen LogP contribution is -2.42. The maximum atomic E-state index is 12.2. The highest BCUT2D eigenvalue weighted by Crippen LogP contribution is 2.26. The average molecular weight is 507 g/mol. The van der Waals surface area contributed by atoms with E-state index in [1.807, 2.05) is 0 Å². The first-order valence-electron chi connectivity index (χ1n) is 13.7.